The number of sulfonamides is 1. The van der Waals surface area contributed by atoms with Gasteiger partial charge in [-0.05, 0) is 37.1 Å². The number of rotatable bonds is 9. The molecule has 192 valence electrons. The molecule has 1 aromatic heterocycles. The summed E-state index contributed by atoms with van der Waals surface area (Å²) in [5, 5.41) is 0. The Morgan fingerprint density at radius 1 is 1.08 bits per heavy atom. The first-order valence-electron chi connectivity index (χ1n) is 11.5. The molecule has 0 aliphatic carbocycles. The molecule has 1 aliphatic rings. The number of fused-ring (bicyclic) bond motifs is 2. The highest BCUT2D eigenvalue weighted by molar-refractivity contribution is 7.89. The number of benzene rings is 2. The molecule has 0 saturated heterocycles. The molecule has 3 aromatic rings. The van der Waals surface area contributed by atoms with E-state index in [2.05, 4.69) is 4.99 Å². The summed E-state index contributed by atoms with van der Waals surface area (Å²) in [7, 11) is -2.37. The highest BCUT2D eigenvalue weighted by Crippen LogP contribution is 2.37. The van der Waals surface area contributed by atoms with Gasteiger partial charge in [0, 0.05) is 30.8 Å². The summed E-state index contributed by atoms with van der Waals surface area (Å²) < 4.78 is 45.5. The summed E-state index contributed by atoms with van der Waals surface area (Å²) in [6.45, 7) is 4.67. The SMILES string of the molecule is CCCN(CCC)S(=O)(=O)c1ccc(C(=O)N=c2sc3cc4c(cc3n2CC(=O)OC)OCO4)cc1. The second-order valence-corrected chi connectivity index (χ2v) is 11.0. The standard InChI is InChI=1S/C24H27N3O7S2/c1-4-10-26(11-5-2)36(30,31)17-8-6-16(7-9-17)23(29)25-24-27(14-22(28)32-3)18-12-19-20(34-15-33-19)13-21(18)35-24/h6-9,12-13H,4-5,10-11,14-15H2,1-3H3. The Labute approximate surface area is 212 Å². The van der Waals surface area contributed by atoms with Crippen LogP contribution < -0.4 is 14.3 Å². The first kappa shape index (κ1) is 25.9. The van der Waals surface area contributed by atoms with Crippen molar-refractivity contribution < 1.29 is 32.2 Å². The lowest BCUT2D eigenvalue weighted by Crippen LogP contribution is -2.32. The molecule has 0 N–H and O–H groups in total. The van der Waals surface area contributed by atoms with Crippen LogP contribution in [0.4, 0.5) is 0 Å². The average molecular weight is 534 g/mol. The van der Waals surface area contributed by atoms with Crippen molar-refractivity contribution in [2.45, 2.75) is 38.1 Å². The molecule has 0 saturated carbocycles. The van der Waals surface area contributed by atoms with E-state index < -0.39 is 21.9 Å². The Hall–Kier alpha value is -3.22. The van der Waals surface area contributed by atoms with Crippen LogP contribution in [0, 0.1) is 0 Å². The number of thiazole rings is 1. The molecule has 12 heteroatoms. The maximum Gasteiger partial charge on any atom is 0.325 e. The number of hydrogen-bond donors (Lipinski definition) is 0. The summed E-state index contributed by atoms with van der Waals surface area (Å²) in [5.74, 6) is 0.0419. The zero-order valence-electron chi connectivity index (χ0n) is 20.2. The first-order chi connectivity index (χ1) is 17.3. The summed E-state index contributed by atoms with van der Waals surface area (Å²) in [6, 6.07) is 9.24. The molecule has 36 heavy (non-hydrogen) atoms. The van der Waals surface area contributed by atoms with Gasteiger partial charge in [0.1, 0.15) is 6.54 Å². The Balaban J connectivity index is 1.69. The Morgan fingerprint density at radius 3 is 2.33 bits per heavy atom. The van der Waals surface area contributed by atoms with E-state index in [0.717, 1.165) is 4.70 Å². The van der Waals surface area contributed by atoms with Crippen molar-refractivity contribution in [1.29, 1.82) is 0 Å². The smallest absolute Gasteiger partial charge is 0.325 e. The zero-order valence-corrected chi connectivity index (χ0v) is 21.9. The quantitative estimate of drug-likeness (QED) is 0.388. The van der Waals surface area contributed by atoms with Crippen molar-refractivity contribution in [2.75, 3.05) is 27.0 Å². The van der Waals surface area contributed by atoms with Crippen LogP contribution in [0.15, 0.2) is 46.3 Å². The lowest BCUT2D eigenvalue weighted by atomic mass is 10.2. The van der Waals surface area contributed by atoms with E-state index in [-0.39, 0.29) is 28.6 Å². The van der Waals surface area contributed by atoms with Crippen LogP contribution in [-0.2, 0) is 26.1 Å². The van der Waals surface area contributed by atoms with Gasteiger partial charge in [-0.1, -0.05) is 25.2 Å². The molecular weight excluding hydrogens is 506 g/mol. The minimum atomic E-state index is -3.66. The van der Waals surface area contributed by atoms with E-state index in [4.69, 9.17) is 14.2 Å². The fraction of sp³-hybridized carbons (Fsp3) is 0.375. The Kier molecular flexibility index (Phi) is 7.76. The van der Waals surface area contributed by atoms with Crippen LogP contribution in [0.1, 0.15) is 37.0 Å². The average Bonchev–Trinajstić information content (AvgIpc) is 3.46. The van der Waals surface area contributed by atoms with Gasteiger partial charge in [-0.25, -0.2) is 8.42 Å². The monoisotopic (exact) mass is 533 g/mol. The number of carbonyl (C=O) groups is 2. The molecule has 2 aromatic carbocycles. The fourth-order valence-corrected chi connectivity index (χ4v) is 6.47. The van der Waals surface area contributed by atoms with Crippen molar-refractivity contribution in [2.24, 2.45) is 4.99 Å². The van der Waals surface area contributed by atoms with Gasteiger partial charge in [0.2, 0.25) is 16.8 Å². The molecule has 2 heterocycles. The highest BCUT2D eigenvalue weighted by atomic mass is 32.2. The first-order valence-corrected chi connectivity index (χ1v) is 13.7. The van der Waals surface area contributed by atoms with Gasteiger partial charge < -0.3 is 18.8 Å². The number of aromatic nitrogens is 1. The number of esters is 1. The Morgan fingerprint density at radius 2 is 1.72 bits per heavy atom. The lowest BCUT2D eigenvalue weighted by Gasteiger charge is -2.21. The number of amides is 1. The van der Waals surface area contributed by atoms with Crippen molar-refractivity contribution in [3.05, 3.63) is 46.8 Å². The zero-order chi connectivity index (χ0) is 25.9. The van der Waals surface area contributed by atoms with Crippen molar-refractivity contribution >= 4 is 43.5 Å². The van der Waals surface area contributed by atoms with Crippen LogP contribution >= 0.6 is 11.3 Å². The second kappa shape index (κ2) is 10.8. The largest absolute Gasteiger partial charge is 0.468 e. The van der Waals surface area contributed by atoms with Crippen molar-refractivity contribution in [3.63, 3.8) is 0 Å². The van der Waals surface area contributed by atoms with Gasteiger partial charge in [0.05, 0.1) is 22.2 Å². The van der Waals surface area contributed by atoms with Crippen LogP contribution in [0.2, 0.25) is 0 Å². The van der Waals surface area contributed by atoms with Gasteiger partial charge in [-0.3, -0.25) is 9.59 Å². The topological polar surface area (TPSA) is 117 Å². The molecule has 0 atom stereocenters. The number of ether oxygens (including phenoxy) is 3. The molecule has 0 fully saturated rings. The summed E-state index contributed by atoms with van der Waals surface area (Å²) in [5.41, 5.74) is 0.872. The molecule has 0 unspecified atom stereocenters. The third-order valence-electron chi connectivity index (χ3n) is 5.57. The lowest BCUT2D eigenvalue weighted by molar-refractivity contribution is -0.141. The summed E-state index contributed by atoms with van der Waals surface area (Å²) in [4.78, 5) is 29.7. The third kappa shape index (κ3) is 5.15. The predicted octanol–water partition coefficient (Wildman–Crippen LogP) is 3.16. The van der Waals surface area contributed by atoms with E-state index in [1.807, 2.05) is 13.8 Å². The molecule has 0 bridgehead atoms. The third-order valence-corrected chi connectivity index (χ3v) is 8.53. The minimum Gasteiger partial charge on any atom is -0.468 e. The van der Waals surface area contributed by atoms with Crippen LogP contribution in [-0.4, -0.2) is 56.2 Å². The van der Waals surface area contributed by atoms with Crippen molar-refractivity contribution in [3.8, 4) is 11.5 Å². The predicted molar refractivity (Wildman–Crippen MR) is 134 cm³/mol. The molecular formula is C24H27N3O7S2. The van der Waals surface area contributed by atoms with Gasteiger partial charge >= 0.3 is 5.97 Å². The van der Waals surface area contributed by atoms with Gasteiger partial charge in [-0.15, -0.1) is 0 Å². The number of hydrogen-bond acceptors (Lipinski definition) is 8. The van der Waals surface area contributed by atoms with Gasteiger partial charge in [0.15, 0.2) is 16.3 Å². The number of nitrogens with zero attached hydrogens (tertiary/aromatic N) is 3. The molecule has 0 spiro atoms. The molecule has 1 amide bonds. The van der Waals surface area contributed by atoms with Crippen LogP contribution in [0.25, 0.3) is 10.2 Å². The molecule has 10 nitrogen and oxygen atoms in total. The highest BCUT2D eigenvalue weighted by Gasteiger charge is 2.23. The fourth-order valence-electron chi connectivity index (χ4n) is 3.81. The normalized spacial score (nSPS) is 13.5. The van der Waals surface area contributed by atoms with E-state index in [9.17, 15) is 18.0 Å². The van der Waals surface area contributed by atoms with E-state index in [1.54, 1.807) is 16.7 Å². The minimum absolute atomic E-state index is 0.111. The molecule has 4 rings (SSSR count). The van der Waals surface area contributed by atoms with Gasteiger partial charge in [-0.2, -0.15) is 9.30 Å². The maximum absolute atomic E-state index is 13.0. The second-order valence-electron chi connectivity index (χ2n) is 8.07. The van der Waals surface area contributed by atoms with Crippen molar-refractivity contribution in [1.82, 2.24) is 8.87 Å². The summed E-state index contributed by atoms with van der Waals surface area (Å²) >= 11 is 1.22. The number of methoxy groups -OCH3 is 1. The molecule has 0 radical (unpaired) electrons. The van der Waals surface area contributed by atoms with Crippen LogP contribution in [0.3, 0.4) is 0 Å². The van der Waals surface area contributed by atoms with E-state index in [0.29, 0.717) is 42.9 Å². The Bertz CT molecular complexity index is 1450. The summed E-state index contributed by atoms with van der Waals surface area (Å²) in [6.07, 6.45) is 1.41. The number of carbonyl (C=O) groups excluding carboxylic acids is 2. The van der Waals surface area contributed by atoms with Crippen LogP contribution in [0.5, 0.6) is 11.5 Å². The van der Waals surface area contributed by atoms with Gasteiger partial charge in [0.25, 0.3) is 5.91 Å². The maximum atomic E-state index is 13.0. The van der Waals surface area contributed by atoms with E-state index >= 15 is 0 Å². The molecule has 1 aliphatic heterocycles. The van der Waals surface area contributed by atoms with E-state index in [1.165, 1.54) is 47.0 Å².